The third-order valence-corrected chi connectivity index (χ3v) is 2.01. The highest BCUT2D eigenvalue weighted by molar-refractivity contribution is 4.89. The lowest BCUT2D eigenvalue weighted by Gasteiger charge is -1.95. The topological polar surface area (TPSA) is 0 Å². The lowest BCUT2D eigenvalue weighted by atomic mass is 10.1. The molecule has 73 valence electrons. The minimum absolute atomic E-state index is 0.922. The highest BCUT2D eigenvalue weighted by Crippen LogP contribution is 2.05. The molecule has 0 bridgehead atoms. The summed E-state index contributed by atoms with van der Waals surface area (Å²) in [6.07, 6.45) is 15.2. The molecule has 0 rings (SSSR count). The molecule has 0 aromatic heterocycles. The maximum absolute atomic E-state index is 5.08. The molecule has 0 atom stereocenters. The van der Waals surface area contributed by atoms with E-state index in [-0.39, 0.29) is 0 Å². The van der Waals surface area contributed by atoms with Crippen LogP contribution in [0.4, 0.5) is 0 Å². The third kappa shape index (κ3) is 11.3. The fraction of sp³-hybridized carbons (Fsp3) is 0.615. The lowest BCUT2D eigenvalue weighted by Crippen LogP contribution is -1.75. The molecular weight excluding hydrogens is 156 g/mol. The second-order valence-electron chi connectivity index (χ2n) is 3.28. The van der Waals surface area contributed by atoms with Gasteiger partial charge in [-0.3, -0.25) is 0 Å². The summed E-state index contributed by atoms with van der Waals surface area (Å²) < 4.78 is 0. The number of rotatable bonds is 8. The molecule has 0 aliphatic carbocycles. The lowest BCUT2D eigenvalue weighted by molar-refractivity contribution is 0.637. The van der Waals surface area contributed by atoms with E-state index in [2.05, 4.69) is 24.8 Å². The van der Waals surface area contributed by atoms with Crippen molar-refractivity contribution in [2.45, 2.75) is 51.9 Å². The second-order valence-corrected chi connectivity index (χ2v) is 3.28. The van der Waals surface area contributed by atoms with E-state index in [0.29, 0.717) is 0 Å². The Bertz CT molecular complexity index is 159. The van der Waals surface area contributed by atoms with Crippen LogP contribution < -0.4 is 0 Å². The van der Waals surface area contributed by atoms with Gasteiger partial charge in [0.15, 0.2) is 0 Å². The molecule has 0 saturated carbocycles. The average molecular weight is 177 g/mol. The smallest absolute Gasteiger partial charge is 0.00929 e. The summed E-state index contributed by atoms with van der Waals surface area (Å²) >= 11 is 0. The first-order chi connectivity index (χ1) is 6.41. The standard InChI is InChI=1S/C13H21/c1-3-5-7-9-11-13-12-10-8-6-4-2/h1,5,9,11H,4,6-8,10,12-13H2,2H3. The van der Waals surface area contributed by atoms with Crippen LogP contribution in [-0.2, 0) is 0 Å². The Kier molecular flexibility index (Phi) is 10.6. The Morgan fingerprint density at radius 1 is 1.08 bits per heavy atom. The molecule has 0 aliphatic rings. The van der Waals surface area contributed by atoms with Crippen LogP contribution in [0, 0.1) is 6.58 Å². The van der Waals surface area contributed by atoms with Crippen LogP contribution in [0.5, 0.6) is 0 Å². The summed E-state index contributed by atoms with van der Waals surface area (Å²) in [4.78, 5) is 0. The largest absolute Gasteiger partial charge is 0.124 e. The molecule has 0 amide bonds. The van der Waals surface area contributed by atoms with Crippen molar-refractivity contribution in [1.82, 2.24) is 0 Å². The Hall–Kier alpha value is -0.740. The van der Waals surface area contributed by atoms with Crippen molar-refractivity contribution in [3.63, 3.8) is 0 Å². The number of allylic oxidation sites excluding steroid dienone is 3. The molecule has 0 unspecified atom stereocenters. The molecule has 0 aliphatic heterocycles. The molecule has 1 radical (unpaired) electrons. The van der Waals surface area contributed by atoms with E-state index in [1.165, 1.54) is 38.5 Å². The molecule has 0 nitrogen and oxygen atoms in total. The van der Waals surface area contributed by atoms with Gasteiger partial charge in [0.2, 0.25) is 0 Å². The minimum Gasteiger partial charge on any atom is -0.124 e. The van der Waals surface area contributed by atoms with Gasteiger partial charge < -0.3 is 0 Å². The molecule has 13 heavy (non-hydrogen) atoms. The van der Waals surface area contributed by atoms with E-state index < -0.39 is 0 Å². The summed E-state index contributed by atoms with van der Waals surface area (Å²) in [5.74, 6) is 0. The Morgan fingerprint density at radius 3 is 2.54 bits per heavy atom. The van der Waals surface area contributed by atoms with Gasteiger partial charge in [0.05, 0.1) is 0 Å². The van der Waals surface area contributed by atoms with Crippen LogP contribution in [0.15, 0.2) is 24.0 Å². The normalized spacial score (nSPS) is 10.2. The van der Waals surface area contributed by atoms with Crippen LogP contribution >= 0.6 is 0 Å². The van der Waals surface area contributed by atoms with E-state index in [4.69, 9.17) is 6.58 Å². The van der Waals surface area contributed by atoms with Crippen LogP contribution in [-0.4, -0.2) is 0 Å². The van der Waals surface area contributed by atoms with Gasteiger partial charge in [0.1, 0.15) is 0 Å². The van der Waals surface area contributed by atoms with E-state index in [1.807, 2.05) is 6.08 Å². The van der Waals surface area contributed by atoms with Crippen LogP contribution in [0.2, 0.25) is 0 Å². The molecule has 0 aromatic rings. The SMILES string of the molecule is [CH]=C=CCC=CCCCCCCC. The third-order valence-electron chi connectivity index (χ3n) is 2.01. The monoisotopic (exact) mass is 177 g/mol. The van der Waals surface area contributed by atoms with Crippen molar-refractivity contribution in [2.75, 3.05) is 0 Å². The Morgan fingerprint density at radius 2 is 1.85 bits per heavy atom. The molecule has 0 heterocycles. The van der Waals surface area contributed by atoms with E-state index in [1.54, 1.807) is 0 Å². The first-order valence-electron chi connectivity index (χ1n) is 5.34. The maximum Gasteiger partial charge on any atom is -0.00929 e. The van der Waals surface area contributed by atoms with E-state index >= 15 is 0 Å². The highest BCUT2D eigenvalue weighted by atomic mass is 13.9. The van der Waals surface area contributed by atoms with E-state index in [9.17, 15) is 0 Å². The summed E-state index contributed by atoms with van der Waals surface area (Å²) in [6.45, 7) is 7.33. The molecule has 0 fully saturated rings. The number of hydrogen-bond donors (Lipinski definition) is 0. The summed E-state index contributed by atoms with van der Waals surface area (Å²) in [7, 11) is 0. The zero-order valence-electron chi connectivity index (χ0n) is 8.76. The van der Waals surface area contributed by atoms with Gasteiger partial charge in [0.25, 0.3) is 0 Å². The van der Waals surface area contributed by atoms with Gasteiger partial charge in [-0.1, -0.05) is 44.8 Å². The van der Waals surface area contributed by atoms with Crippen molar-refractivity contribution < 1.29 is 0 Å². The van der Waals surface area contributed by atoms with Crippen LogP contribution in [0.25, 0.3) is 0 Å². The predicted molar refractivity (Wildman–Crippen MR) is 59.5 cm³/mol. The fourth-order valence-electron chi connectivity index (χ4n) is 1.22. The molecule has 0 heteroatoms. The Balaban J connectivity index is 3.06. The second kappa shape index (κ2) is 11.3. The first kappa shape index (κ1) is 12.3. The predicted octanol–water partition coefficient (Wildman–Crippen LogP) is 4.44. The van der Waals surface area contributed by atoms with Crippen LogP contribution in [0.3, 0.4) is 0 Å². The molecular formula is C13H21. The molecule has 0 saturated heterocycles. The van der Waals surface area contributed by atoms with Gasteiger partial charge in [-0.05, 0) is 31.9 Å². The van der Waals surface area contributed by atoms with Crippen molar-refractivity contribution >= 4 is 0 Å². The van der Waals surface area contributed by atoms with Crippen molar-refractivity contribution in [3.8, 4) is 0 Å². The van der Waals surface area contributed by atoms with Gasteiger partial charge in [-0.15, -0.1) is 5.73 Å². The van der Waals surface area contributed by atoms with Crippen molar-refractivity contribution in [1.29, 1.82) is 0 Å². The maximum atomic E-state index is 5.08. The number of unbranched alkanes of at least 4 members (excludes halogenated alkanes) is 5. The van der Waals surface area contributed by atoms with Crippen molar-refractivity contribution in [3.05, 3.63) is 30.5 Å². The van der Waals surface area contributed by atoms with Crippen LogP contribution in [0.1, 0.15) is 51.9 Å². The number of hydrogen-bond acceptors (Lipinski definition) is 0. The average Bonchev–Trinajstić information content (AvgIpc) is 2.16. The van der Waals surface area contributed by atoms with Crippen molar-refractivity contribution in [2.24, 2.45) is 0 Å². The first-order valence-corrected chi connectivity index (χ1v) is 5.34. The zero-order valence-corrected chi connectivity index (χ0v) is 8.76. The van der Waals surface area contributed by atoms with Gasteiger partial charge >= 0.3 is 0 Å². The fourth-order valence-corrected chi connectivity index (χ4v) is 1.22. The Labute approximate surface area is 83.0 Å². The quantitative estimate of drug-likeness (QED) is 0.292. The molecule has 0 N–H and O–H groups in total. The minimum atomic E-state index is 0.922. The zero-order chi connectivity index (χ0) is 9.78. The van der Waals surface area contributed by atoms with Gasteiger partial charge in [0, 0.05) is 0 Å². The molecule has 0 aromatic carbocycles. The molecule has 0 spiro atoms. The van der Waals surface area contributed by atoms with Gasteiger partial charge in [-0.25, -0.2) is 0 Å². The van der Waals surface area contributed by atoms with E-state index in [0.717, 1.165) is 6.42 Å². The summed E-state index contributed by atoms with van der Waals surface area (Å²) in [5, 5.41) is 0. The highest BCUT2D eigenvalue weighted by Gasteiger charge is 1.85. The summed E-state index contributed by atoms with van der Waals surface area (Å²) in [5.41, 5.74) is 2.51. The summed E-state index contributed by atoms with van der Waals surface area (Å²) in [6, 6.07) is 0. The van der Waals surface area contributed by atoms with Gasteiger partial charge in [-0.2, -0.15) is 0 Å².